The zero-order valence-corrected chi connectivity index (χ0v) is 30.0. The van der Waals surface area contributed by atoms with E-state index >= 15 is 0 Å². The number of hydrogen-bond acceptors (Lipinski definition) is 9. The number of fused-ring (bicyclic) bond motifs is 1. The average Bonchev–Trinajstić information content (AvgIpc) is 3.66. The van der Waals surface area contributed by atoms with E-state index in [0.29, 0.717) is 32.2 Å². The van der Waals surface area contributed by atoms with Gasteiger partial charge in [-0.1, -0.05) is 121 Å². The molecule has 3 fully saturated rings. The van der Waals surface area contributed by atoms with Crippen molar-refractivity contribution in [1.82, 2.24) is 0 Å². The van der Waals surface area contributed by atoms with Gasteiger partial charge in [-0.05, 0) is 42.2 Å². The van der Waals surface area contributed by atoms with Crippen LogP contribution in [0.25, 0.3) is 0 Å². The van der Waals surface area contributed by atoms with Gasteiger partial charge in [0.25, 0.3) is 0 Å². The third kappa shape index (κ3) is 9.17. The van der Waals surface area contributed by atoms with E-state index in [9.17, 15) is 0 Å². The summed E-state index contributed by atoms with van der Waals surface area (Å²) in [5, 5.41) is 0. The van der Waals surface area contributed by atoms with Gasteiger partial charge in [0.1, 0.15) is 42.4 Å². The number of methoxy groups -OCH3 is 1. The maximum Gasteiger partial charge on any atom is 0.187 e. The van der Waals surface area contributed by atoms with Crippen molar-refractivity contribution in [3.05, 3.63) is 155 Å². The van der Waals surface area contributed by atoms with Crippen molar-refractivity contribution in [2.24, 2.45) is 0 Å². The summed E-state index contributed by atoms with van der Waals surface area (Å²) < 4.78 is 58.4. The molecule has 3 aliphatic heterocycles. The van der Waals surface area contributed by atoms with Crippen LogP contribution in [0.2, 0.25) is 0 Å². The lowest BCUT2D eigenvalue weighted by Gasteiger charge is -2.44. The number of benzene rings is 4. The van der Waals surface area contributed by atoms with E-state index in [-0.39, 0.29) is 6.61 Å². The van der Waals surface area contributed by atoms with E-state index in [0.717, 1.165) is 22.3 Å². The zero-order valence-electron chi connectivity index (χ0n) is 30.0. The molecule has 0 bridgehead atoms. The second-order valence-electron chi connectivity index (χ2n) is 13.7. The van der Waals surface area contributed by atoms with Crippen LogP contribution in [-0.2, 0) is 69.1 Å². The second kappa shape index (κ2) is 17.3. The Kier molecular flexibility index (Phi) is 12.1. The summed E-state index contributed by atoms with van der Waals surface area (Å²) >= 11 is 0. The number of hydrogen-bond donors (Lipinski definition) is 0. The van der Waals surface area contributed by atoms with Crippen molar-refractivity contribution in [1.29, 1.82) is 0 Å². The normalized spacial score (nSPS) is 28.8. The Morgan fingerprint density at radius 1 is 0.596 bits per heavy atom. The molecule has 4 aromatic carbocycles. The second-order valence-corrected chi connectivity index (χ2v) is 13.7. The quantitative estimate of drug-likeness (QED) is 0.128. The van der Waals surface area contributed by atoms with Crippen molar-refractivity contribution >= 4 is 0 Å². The topological polar surface area (TPSA) is 83.1 Å². The molecule has 0 N–H and O–H groups in total. The Bertz CT molecular complexity index is 1690. The van der Waals surface area contributed by atoms with Crippen LogP contribution in [0.5, 0.6) is 0 Å². The van der Waals surface area contributed by atoms with Gasteiger partial charge in [-0.2, -0.15) is 0 Å². The highest BCUT2D eigenvalue weighted by molar-refractivity contribution is 5.20. The molecule has 3 aliphatic rings. The lowest BCUT2D eigenvalue weighted by Crippen LogP contribution is -2.56. The SMILES string of the molecule is CO[C@@H]1O[C@H](C=C2OC(COCc3ccccc3)[C@@H](OCc3ccccc3)C(OCc3ccccc3)C2OCc2ccccc2)C2OC(C)(C)OC21. The Morgan fingerprint density at radius 2 is 1.08 bits per heavy atom. The van der Waals surface area contributed by atoms with Crippen molar-refractivity contribution in [3.63, 3.8) is 0 Å². The summed E-state index contributed by atoms with van der Waals surface area (Å²) in [7, 11) is 1.61. The minimum Gasteiger partial charge on any atom is -0.487 e. The van der Waals surface area contributed by atoms with Crippen LogP contribution in [0.15, 0.2) is 133 Å². The van der Waals surface area contributed by atoms with Gasteiger partial charge < -0.3 is 42.6 Å². The Labute approximate surface area is 306 Å². The number of ether oxygens (including phenoxy) is 9. The molecule has 0 spiro atoms. The summed E-state index contributed by atoms with van der Waals surface area (Å²) in [5.74, 6) is -0.245. The van der Waals surface area contributed by atoms with Gasteiger partial charge >= 0.3 is 0 Å². The summed E-state index contributed by atoms with van der Waals surface area (Å²) in [6.07, 6.45) is -2.43. The molecule has 0 radical (unpaired) electrons. The molecular weight excluding hydrogens is 660 g/mol. The van der Waals surface area contributed by atoms with Crippen LogP contribution in [0.1, 0.15) is 36.1 Å². The van der Waals surface area contributed by atoms with Gasteiger partial charge in [0, 0.05) is 7.11 Å². The van der Waals surface area contributed by atoms with E-state index in [2.05, 4.69) is 0 Å². The third-order valence-corrected chi connectivity index (χ3v) is 9.40. The molecular formula is C43H48O9. The van der Waals surface area contributed by atoms with E-state index in [4.69, 9.17) is 42.6 Å². The molecule has 3 saturated heterocycles. The van der Waals surface area contributed by atoms with Crippen LogP contribution < -0.4 is 0 Å². The summed E-state index contributed by atoms with van der Waals surface area (Å²) in [6.45, 7) is 5.47. The summed E-state index contributed by atoms with van der Waals surface area (Å²) in [6, 6.07) is 40.3. The monoisotopic (exact) mass is 708 g/mol. The first-order valence-electron chi connectivity index (χ1n) is 18.0. The summed E-state index contributed by atoms with van der Waals surface area (Å²) in [5.41, 5.74) is 4.15. The molecule has 52 heavy (non-hydrogen) atoms. The first kappa shape index (κ1) is 36.5. The molecule has 0 aromatic heterocycles. The fraction of sp³-hybridized carbons (Fsp3) is 0.395. The molecule has 4 aromatic rings. The van der Waals surface area contributed by atoms with Crippen LogP contribution in [0, 0.1) is 0 Å². The van der Waals surface area contributed by atoms with Crippen LogP contribution in [0.3, 0.4) is 0 Å². The van der Waals surface area contributed by atoms with E-state index in [1.807, 2.05) is 141 Å². The minimum atomic E-state index is -0.797. The van der Waals surface area contributed by atoms with Gasteiger partial charge in [0.15, 0.2) is 18.2 Å². The van der Waals surface area contributed by atoms with Crippen molar-refractivity contribution < 1.29 is 42.6 Å². The molecule has 3 heterocycles. The molecule has 0 amide bonds. The lowest BCUT2D eigenvalue weighted by atomic mass is 9.95. The van der Waals surface area contributed by atoms with Crippen molar-refractivity contribution in [2.45, 2.75) is 95.1 Å². The van der Waals surface area contributed by atoms with Gasteiger partial charge in [-0.3, -0.25) is 0 Å². The van der Waals surface area contributed by atoms with Crippen molar-refractivity contribution in [3.8, 4) is 0 Å². The number of rotatable bonds is 15. The van der Waals surface area contributed by atoms with Crippen LogP contribution in [0.4, 0.5) is 0 Å². The third-order valence-electron chi connectivity index (χ3n) is 9.40. The maximum atomic E-state index is 6.93. The highest BCUT2D eigenvalue weighted by Gasteiger charge is 2.56. The highest BCUT2D eigenvalue weighted by atomic mass is 16.8. The Morgan fingerprint density at radius 3 is 1.62 bits per heavy atom. The molecule has 0 saturated carbocycles. The molecule has 5 unspecified atom stereocenters. The van der Waals surface area contributed by atoms with Crippen molar-refractivity contribution in [2.75, 3.05) is 13.7 Å². The predicted molar refractivity (Wildman–Crippen MR) is 194 cm³/mol. The Hall–Kier alpha value is -3.90. The van der Waals surface area contributed by atoms with E-state index in [1.54, 1.807) is 7.11 Å². The average molecular weight is 709 g/mol. The van der Waals surface area contributed by atoms with Gasteiger partial charge in [0.05, 0.1) is 33.0 Å². The van der Waals surface area contributed by atoms with Crippen LogP contribution >= 0.6 is 0 Å². The zero-order chi connectivity index (χ0) is 35.8. The minimum absolute atomic E-state index is 0.243. The Balaban J connectivity index is 1.24. The predicted octanol–water partition coefficient (Wildman–Crippen LogP) is 7.13. The fourth-order valence-electron chi connectivity index (χ4n) is 6.92. The molecule has 9 heteroatoms. The molecule has 7 rings (SSSR count). The molecule has 9 nitrogen and oxygen atoms in total. The summed E-state index contributed by atoms with van der Waals surface area (Å²) in [4.78, 5) is 0. The molecule has 274 valence electrons. The van der Waals surface area contributed by atoms with Gasteiger partial charge in [-0.25, -0.2) is 0 Å². The highest BCUT2D eigenvalue weighted by Crippen LogP contribution is 2.41. The fourth-order valence-corrected chi connectivity index (χ4v) is 6.92. The van der Waals surface area contributed by atoms with Gasteiger partial charge in [0.2, 0.25) is 0 Å². The van der Waals surface area contributed by atoms with Crippen LogP contribution in [-0.4, -0.2) is 68.5 Å². The molecule has 0 aliphatic carbocycles. The first-order valence-corrected chi connectivity index (χ1v) is 18.0. The smallest absolute Gasteiger partial charge is 0.187 e. The standard InChI is InChI=1S/C43H48O9/c1-43(2)51-39-35(50-42(44-3)41(39)52-43)24-34-37(46-26-31-18-10-5-11-19-31)40(48-28-33-22-14-7-15-23-33)38(47-27-32-20-12-6-13-21-32)36(49-34)29-45-25-30-16-8-4-9-17-30/h4-24,35-42H,25-29H2,1-3H3/t35-,36?,37?,38-,39?,40?,41?,42-/m1/s1. The largest absolute Gasteiger partial charge is 0.487 e. The molecule has 8 atom stereocenters. The first-order chi connectivity index (χ1) is 25.5. The van der Waals surface area contributed by atoms with Gasteiger partial charge in [-0.15, -0.1) is 0 Å². The maximum absolute atomic E-state index is 6.93. The lowest BCUT2D eigenvalue weighted by molar-refractivity contribution is -0.228. The van der Waals surface area contributed by atoms with E-state index in [1.165, 1.54) is 0 Å². The van der Waals surface area contributed by atoms with E-state index < -0.39 is 54.8 Å².